The van der Waals surface area contributed by atoms with Gasteiger partial charge in [0.25, 0.3) is 0 Å². The van der Waals surface area contributed by atoms with E-state index in [1.807, 2.05) is 11.2 Å². The molecule has 0 aromatic carbocycles. The molecule has 0 saturated carbocycles. The maximum absolute atomic E-state index is 11.7. The molecule has 0 aliphatic carbocycles. The Kier molecular flexibility index (Phi) is 6.13. The molecule has 2 N–H and O–H groups in total. The molecule has 0 radical (unpaired) electrons. The molecule has 0 spiro atoms. The number of rotatable bonds is 5. The highest BCUT2D eigenvalue weighted by Crippen LogP contribution is 2.01. The van der Waals surface area contributed by atoms with Crippen molar-refractivity contribution >= 4 is 23.8 Å². The molecule has 1 fully saturated rings. The molecule has 0 aromatic rings. The van der Waals surface area contributed by atoms with Crippen molar-refractivity contribution in [3.63, 3.8) is 0 Å². The van der Waals surface area contributed by atoms with Gasteiger partial charge in [0.05, 0.1) is 6.54 Å². The van der Waals surface area contributed by atoms with E-state index >= 15 is 0 Å². The van der Waals surface area contributed by atoms with Crippen LogP contribution in [-0.2, 0) is 4.79 Å². The summed E-state index contributed by atoms with van der Waals surface area (Å²) < 4.78 is 0. The van der Waals surface area contributed by atoms with Gasteiger partial charge < -0.3 is 15.3 Å². The molecule has 0 bridgehead atoms. The van der Waals surface area contributed by atoms with Crippen molar-refractivity contribution in [2.45, 2.75) is 0 Å². The highest BCUT2D eigenvalue weighted by atomic mass is 32.2. The van der Waals surface area contributed by atoms with Gasteiger partial charge in [-0.2, -0.15) is 11.8 Å². The number of thioether (sulfide) groups is 1. The first-order valence-corrected chi connectivity index (χ1v) is 6.98. The number of carbonyl (C=O) groups is 2. The Morgan fingerprint density at radius 2 is 1.94 bits per heavy atom. The summed E-state index contributed by atoms with van der Waals surface area (Å²) in [5.74, 6) is 0.0907. The van der Waals surface area contributed by atoms with E-state index in [1.54, 1.807) is 16.7 Å². The van der Waals surface area contributed by atoms with Crippen LogP contribution in [0, 0.1) is 0 Å². The summed E-state index contributed by atoms with van der Waals surface area (Å²) in [6.07, 6.45) is 2.00. The Balaban J connectivity index is 2.21. The lowest BCUT2D eigenvalue weighted by molar-refractivity contribution is -0.138. The average molecular weight is 261 g/mol. The van der Waals surface area contributed by atoms with Crippen LogP contribution in [-0.4, -0.2) is 78.2 Å². The second-order valence-electron chi connectivity index (χ2n) is 3.88. The minimum Gasteiger partial charge on any atom is -0.480 e. The van der Waals surface area contributed by atoms with Crippen LogP contribution in [0.25, 0.3) is 0 Å². The van der Waals surface area contributed by atoms with Crippen molar-refractivity contribution in [1.82, 2.24) is 15.1 Å². The summed E-state index contributed by atoms with van der Waals surface area (Å²) in [5, 5.41) is 11.5. The Morgan fingerprint density at radius 3 is 2.47 bits per heavy atom. The third-order valence-electron chi connectivity index (χ3n) is 2.60. The number of urea groups is 1. The zero-order chi connectivity index (χ0) is 12.7. The quantitative estimate of drug-likeness (QED) is 0.668. The molecule has 0 aromatic heterocycles. The van der Waals surface area contributed by atoms with Gasteiger partial charge in [0.15, 0.2) is 0 Å². The van der Waals surface area contributed by atoms with Gasteiger partial charge >= 0.3 is 12.0 Å². The van der Waals surface area contributed by atoms with E-state index in [4.69, 9.17) is 5.11 Å². The SMILES string of the molecule is CSCCNC(=O)N1CCN(CC(=O)O)CC1. The van der Waals surface area contributed by atoms with E-state index < -0.39 is 5.97 Å². The van der Waals surface area contributed by atoms with Crippen LogP contribution in [0.1, 0.15) is 0 Å². The second-order valence-corrected chi connectivity index (χ2v) is 4.87. The molecule has 1 aliphatic rings. The van der Waals surface area contributed by atoms with Crippen molar-refractivity contribution in [2.24, 2.45) is 0 Å². The largest absolute Gasteiger partial charge is 0.480 e. The number of carbonyl (C=O) groups excluding carboxylic acids is 1. The fraction of sp³-hybridized carbons (Fsp3) is 0.800. The molecule has 1 saturated heterocycles. The topological polar surface area (TPSA) is 72.9 Å². The summed E-state index contributed by atoms with van der Waals surface area (Å²) in [5.41, 5.74) is 0. The van der Waals surface area contributed by atoms with Crippen molar-refractivity contribution < 1.29 is 14.7 Å². The van der Waals surface area contributed by atoms with Crippen LogP contribution in [0.3, 0.4) is 0 Å². The molecular formula is C10H19N3O3S. The normalized spacial score (nSPS) is 16.9. The van der Waals surface area contributed by atoms with Crippen molar-refractivity contribution in [1.29, 1.82) is 0 Å². The fourth-order valence-electron chi connectivity index (χ4n) is 1.67. The smallest absolute Gasteiger partial charge is 0.317 e. The highest BCUT2D eigenvalue weighted by molar-refractivity contribution is 7.98. The van der Waals surface area contributed by atoms with Gasteiger partial charge in [-0.15, -0.1) is 0 Å². The number of aliphatic carboxylic acids is 1. The maximum atomic E-state index is 11.7. The lowest BCUT2D eigenvalue weighted by atomic mass is 10.3. The Labute approximate surface area is 105 Å². The van der Waals surface area contributed by atoms with Crippen molar-refractivity contribution in [3.8, 4) is 0 Å². The van der Waals surface area contributed by atoms with Gasteiger partial charge in [-0.3, -0.25) is 9.69 Å². The zero-order valence-electron chi connectivity index (χ0n) is 10.0. The van der Waals surface area contributed by atoms with Crippen LogP contribution < -0.4 is 5.32 Å². The Bertz CT molecular complexity index is 268. The van der Waals surface area contributed by atoms with Crippen LogP contribution in [0.15, 0.2) is 0 Å². The summed E-state index contributed by atoms with van der Waals surface area (Å²) in [4.78, 5) is 25.8. The lowest BCUT2D eigenvalue weighted by Gasteiger charge is -2.33. The lowest BCUT2D eigenvalue weighted by Crippen LogP contribution is -2.52. The maximum Gasteiger partial charge on any atom is 0.317 e. The fourth-order valence-corrected chi connectivity index (χ4v) is 1.98. The zero-order valence-corrected chi connectivity index (χ0v) is 10.8. The van der Waals surface area contributed by atoms with Crippen LogP contribution in [0.4, 0.5) is 4.79 Å². The summed E-state index contributed by atoms with van der Waals surface area (Å²) in [6.45, 7) is 3.18. The molecule has 1 aliphatic heterocycles. The first-order valence-electron chi connectivity index (χ1n) is 5.59. The Hall–Kier alpha value is -0.950. The standard InChI is InChI=1S/C10H19N3O3S/c1-17-7-2-11-10(16)13-5-3-12(4-6-13)8-9(14)15/h2-8H2,1H3,(H,11,16)(H,14,15). The summed E-state index contributed by atoms with van der Waals surface area (Å²) in [7, 11) is 0. The van der Waals surface area contributed by atoms with E-state index in [0.29, 0.717) is 32.7 Å². The molecule has 17 heavy (non-hydrogen) atoms. The first-order chi connectivity index (χ1) is 8.13. The van der Waals surface area contributed by atoms with Crippen LogP contribution in [0.5, 0.6) is 0 Å². The Morgan fingerprint density at radius 1 is 1.29 bits per heavy atom. The number of piperazine rings is 1. The molecule has 1 rings (SSSR count). The minimum absolute atomic E-state index is 0.0472. The van der Waals surface area contributed by atoms with Gasteiger partial charge in [0.2, 0.25) is 0 Å². The number of nitrogens with zero attached hydrogens (tertiary/aromatic N) is 2. The summed E-state index contributed by atoms with van der Waals surface area (Å²) >= 11 is 1.69. The minimum atomic E-state index is -0.817. The number of amides is 2. The third kappa shape index (κ3) is 5.27. The molecular weight excluding hydrogens is 242 g/mol. The molecule has 2 amide bonds. The predicted molar refractivity (Wildman–Crippen MR) is 67.4 cm³/mol. The van der Waals surface area contributed by atoms with Crippen molar-refractivity contribution in [3.05, 3.63) is 0 Å². The molecule has 0 atom stereocenters. The van der Waals surface area contributed by atoms with E-state index in [9.17, 15) is 9.59 Å². The monoisotopic (exact) mass is 261 g/mol. The number of carboxylic acid groups (broad SMARTS) is 1. The molecule has 6 nitrogen and oxygen atoms in total. The number of hydrogen-bond acceptors (Lipinski definition) is 4. The van der Waals surface area contributed by atoms with Gasteiger partial charge in [0.1, 0.15) is 0 Å². The van der Waals surface area contributed by atoms with Crippen molar-refractivity contribution in [2.75, 3.05) is 51.3 Å². The summed E-state index contributed by atoms with van der Waals surface area (Å²) in [6, 6.07) is -0.0472. The van der Waals surface area contributed by atoms with Gasteiger partial charge in [-0.1, -0.05) is 0 Å². The average Bonchev–Trinajstić information content (AvgIpc) is 2.29. The molecule has 0 unspecified atom stereocenters. The molecule has 98 valence electrons. The molecule has 7 heteroatoms. The number of nitrogens with one attached hydrogen (secondary N) is 1. The second kappa shape index (κ2) is 7.39. The first kappa shape index (κ1) is 14.1. The molecule has 1 heterocycles. The van der Waals surface area contributed by atoms with Gasteiger partial charge in [0, 0.05) is 38.5 Å². The van der Waals surface area contributed by atoms with E-state index in [2.05, 4.69) is 5.32 Å². The predicted octanol–water partition coefficient (Wildman–Crippen LogP) is -0.239. The van der Waals surface area contributed by atoms with E-state index in [1.165, 1.54) is 0 Å². The van der Waals surface area contributed by atoms with Crippen LogP contribution >= 0.6 is 11.8 Å². The third-order valence-corrected chi connectivity index (χ3v) is 3.21. The number of carboxylic acids is 1. The van der Waals surface area contributed by atoms with Crippen LogP contribution in [0.2, 0.25) is 0 Å². The highest BCUT2D eigenvalue weighted by Gasteiger charge is 2.21. The van der Waals surface area contributed by atoms with Gasteiger partial charge in [-0.05, 0) is 6.26 Å². The van der Waals surface area contributed by atoms with E-state index in [0.717, 1.165) is 5.75 Å². The number of hydrogen-bond donors (Lipinski definition) is 2. The van der Waals surface area contributed by atoms with E-state index in [-0.39, 0.29) is 12.6 Å². The van der Waals surface area contributed by atoms with Gasteiger partial charge in [-0.25, -0.2) is 4.79 Å².